The Kier molecular flexibility index (Phi) is 32.8. The number of hydrogen-bond acceptors (Lipinski definition) is 47. The molecule has 650 valence electrons. The van der Waals surface area contributed by atoms with Crippen LogP contribution in [-0.4, -0.2) is 482 Å². The molecule has 52 heteroatoms. The molecule has 0 aromatic carbocycles. The molecule has 3 amide bonds. The molecular weight excluding hydrogens is 1560 g/mol. The summed E-state index contributed by atoms with van der Waals surface area (Å²) in [6.45, 7) is -5.27. The summed E-state index contributed by atoms with van der Waals surface area (Å²) >= 11 is 0. The summed E-state index contributed by atoms with van der Waals surface area (Å²) in [5, 5.41) is 274. The molecule has 0 aliphatic carbocycles. The van der Waals surface area contributed by atoms with Crippen LogP contribution in [0, 0.1) is 0 Å². The molecule has 0 unspecified atom stereocenters. The molecular formula is C60H101N3O48S. The van der Waals surface area contributed by atoms with Gasteiger partial charge in [0, 0.05) is 20.8 Å². The molecule has 45 atom stereocenters. The predicted molar refractivity (Wildman–Crippen MR) is 341 cm³/mol. The molecule has 9 aliphatic rings. The van der Waals surface area contributed by atoms with Gasteiger partial charge < -0.3 is 219 Å². The van der Waals surface area contributed by atoms with Crippen LogP contribution >= 0.6 is 0 Å². The molecule has 0 aromatic heterocycles. The van der Waals surface area contributed by atoms with Gasteiger partial charge in [-0.2, -0.15) is 8.42 Å². The minimum Gasteiger partial charge on any atom is -0.394 e. The fourth-order valence-electron chi connectivity index (χ4n) is 14.2. The Labute approximate surface area is 633 Å². The lowest BCUT2D eigenvalue weighted by Crippen LogP contribution is -2.71. The molecule has 51 nitrogen and oxygen atoms in total. The maximum absolute atomic E-state index is 13.5. The van der Waals surface area contributed by atoms with Crippen LogP contribution in [0.4, 0.5) is 0 Å². The van der Waals surface area contributed by atoms with Crippen molar-refractivity contribution in [2.45, 2.75) is 304 Å². The first-order valence-electron chi connectivity index (χ1n) is 35.2. The second-order valence-corrected chi connectivity index (χ2v) is 29.0. The molecule has 9 aliphatic heterocycles. The number of amides is 3. The number of ether oxygens (including phenoxy) is 17. The van der Waals surface area contributed by atoms with E-state index in [1.165, 1.54) is 6.92 Å². The Morgan fingerprint density at radius 1 is 0.295 bits per heavy atom. The fraction of sp³-hybridized carbons (Fsp3) is 0.950. The third kappa shape index (κ3) is 20.6. The third-order valence-corrected chi connectivity index (χ3v) is 20.6. The summed E-state index contributed by atoms with van der Waals surface area (Å²) in [5.74, 6) is -2.83. The molecule has 9 heterocycles. The first-order chi connectivity index (χ1) is 52.8. The van der Waals surface area contributed by atoms with E-state index in [1.807, 2.05) is 0 Å². The highest BCUT2D eigenvalue weighted by Gasteiger charge is 2.62. The van der Waals surface area contributed by atoms with Gasteiger partial charge in [-0.05, 0) is 6.92 Å². The minimum absolute atomic E-state index is 0.794. The molecule has 9 saturated heterocycles. The minimum atomic E-state index is -5.51. The monoisotopic (exact) mass is 1660 g/mol. The maximum Gasteiger partial charge on any atom is 0.397 e. The van der Waals surface area contributed by atoms with Crippen molar-refractivity contribution in [1.82, 2.24) is 16.0 Å². The van der Waals surface area contributed by atoms with Crippen LogP contribution < -0.4 is 16.0 Å². The van der Waals surface area contributed by atoms with Gasteiger partial charge in [-0.1, -0.05) is 0 Å². The fourth-order valence-corrected chi connectivity index (χ4v) is 14.8. The van der Waals surface area contributed by atoms with Gasteiger partial charge in [0.05, 0.1) is 59.0 Å². The van der Waals surface area contributed by atoms with Crippen molar-refractivity contribution in [3.63, 3.8) is 0 Å². The number of aliphatic hydroxyl groups is 24. The Morgan fingerprint density at radius 2 is 0.625 bits per heavy atom. The zero-order chi connectivity index (χ0) is 82.7. The van der Waals surface area contributed by atoms with Crippen LogP contribution in [0.3, 0.4) is 0 Å². The van der Waals surface area contributed by atoms with E-state index >= 15 is 0 Å². The van der Waals surface area contributed by atoms with Crippen molar-refractivity contribution in [2.75, 3.05) is 52.9 Å². The zero-order valence-electron chi connectivity index (χ0n) is 59.6. The lowest BCUT2D eigenvalue weighted by molar-refractivity contribution is -0.403. The lowest BCUT2D eigenvalue weighted by Gasteiger charge is -2.52. The van der Waals surface area contributed by atoms with Crippen molar-refractivity contribution in [3.05, 3.63) is 0 Å². The zero-order valence-corrected chi connectivity index (χ0v) is 60.4. The number of carbonyl (C=O) groups is 3. The Balaban J connectivity index is 1.08. The van der Waals surface area contributed by atoms with Crippen molar-refractivity contribution in [3.8, 4) is 0 Å². The average molecular weight is 1660 g/mol. The van der Waals surface area contributed by atoms with E-state index in [1.54, 1.807) is 0 Å². The number of rotatable bonds is 29. The van der Waals surface area contributed by atoms with E-state index in [0.717, 1.165) is 20.8 Å². The number of hydrogen-bond donors (Lipinski definition) is 28. The summed E-state index contributed by atoms with van der Waals surface area (Å²) in [7, 11) is -5.51. The highest BCUT2D eigenvalue weighted by molar-refractivity contribution is 7.80. The molecule has 9 rings (SSSR count). The van der Waals surface area contributed by atoms with Gasteiger partial charge in [-0.3, -0.25) is 18.9 Å². The first-order valence-corrected chi connectivity index (χ1v) is 36.5. The standard InChI is InChI=1S/C60H101N3O48S/c1-13-28(74)35(81)39(85)56(95-13)106-47-23(11-70)101-54(27(63-16(4)73)48(47)107-58-41(87)38(84)46(22(10-69)102-58)111-112(91,92)93)110-51-37(83)30(76)18(6-65)99-60(51)109-50-32(78)24(12-94-55-42(88)49(31(77)19(7-66)97-55)108-57-40(86)36(82)29(75)17(5-64)98-57)103-59(43(50)89)105-45-21(9-68)100-53(26(34(45)80)62-15(3)72)104-44-20(8-67)96-52(90)25(33(44)79)61-14(2)71/h13,17-60,64-70,74-90H,5-12H2,1-4H3,(H,61,71)(H,62,72)(H,63,73)(H,91,92,93)/t13-,17+,18+,19+,20+,21+,22+,23+,24+,25+,26+,27+,28+,29+,30+,31+,32+,33+,34+,35+,36-,37-,38+,39-,40-,41+,42-,43-,44+,45+,46-,47+,48+,49-,50-,51-,52+,53-,54-,55-,56-,57+,58-,59-,60+/m0/s1. The Morgan fingerprint density at radius 3 is 1.17 bits per heavy atom. The van der Waals surface area contributed by atoms with Crippen molar-refractivity contribution < 1.29 is 235 Å². The van der Waals surface area contributed by atoms with Gasteiger partial charge >= 0.3 is 10.4 Å². The summed E-state index contributed by atoms with van der Waals surface area (Å²) < 4.78 is 138. The lowest BCUT2D eigenvalue weighted by atomic mass is 9.93. The van der Waals surface area contributed by atoms with E-state index in [9.17, 15) is 150 Å². The number of nitrogens with one attached hydrogen (secondary N) is 3. The smallest absolute Gasteiger partial charge is 0.394 e. The van der Waals surface area contributed by atoms with Gasteiger partial charge in [0.15, 0.2) is 56.6 Å². The van der Waals surface area contributed by atoms with Gasteiger partial charge in [0.2, 0.25) is 17.7 Å². The van der Waals surface area contributed by atoms with Crippen molar-refractivity contribution in [1.29, 1.82) is 0 Å². The highest BCUT2D eigenvalue weighted by Crippen LogP contribution is 2.41. The van der Waals surface area contributed by atoms with Crippen LogP contribution in [-0.2, 0) is 109 Å². The Bertz CT molecular complexity index is 3100. The SMILES string of the molecule is CC(=O)N[C@@H]1[C@@H](O)[C@H](O[C@@H]2O[C@H](CO)[C@@H](O[C@@H]3O[C@H](CO[C@H]4O[C@H](CO)[C@@H](O)[C@H](O[C@H]5O[C@H](CO)[C@@H](O)[C@H](O)[C@@H]5O)[C@@H]4O)[C@@H](O)[C@H](O[C@H]4O[C@H](CO)[C@@H](O)[C@H](O)[C@@H]4O[C@@H]4O[C@H](CO)[C@@H](O[C@@H]5O[C@@H](C)[C@@H](O)[C@@H](O)[C@@H]5O)[C@H](O[C@@H]5O[C@H](CO)[C@H](OS(=O)(=O)O)[C@H](O)[C@H]5O)[C@H]4NC(C)=O)[C@@H]3O)[C@H](O)[C@H]2NC(C)=O)[C@@H](CO)O[C@H]1O. The number of carbonyl (C=O) groups excluding carboxylic acids is 3. The average Bonchev–Trinajstić information content (AvgIpc) is 0.793. The quantitative estimate of drug-likeness (QED) is 0.0309. The summed E-state index contributed by atoms with van der Waals surface area (Å²) in [6, 6.07) is -5.75. The van der Waals surface area contributed by atoms with Crippen LogP contribution in [0.5, 0.6) is 0 Å². The van der Waals surface area contributed by atoms with Gasteiger partial charge in [0.25, 0.3) is 0 Å². The van der Waals surface area contributed by atoms with Crippen LogP contribution in [0.2, 0.25) is 0 Å². The van der Waals surface area contributed by atoms with Crippen molar-refractivity contribution in [2.24, 2.45) is 0 Å². The first kappa shape index (κ1) is 92.5. The molecule has 9 fully saturated rings. The highest BCUT2D eigenvalue weighted by atomic mass is 32.3. The van der Waals surface area contributed by atoms with Crippen LogP contribution in [0.25, 0.3) is 0 Å². The Hall–Kier alpha value is -3.36. The van der Waals surface area contributed by atoms with Gasteiger partial charge in [-0.15, -0.1) is 0 Å². The molecule has 0 aromatic rings. The van der Waals surface area contributed by atoms with Crippen molar-refractivity contribution >= 4 is 28.1 Å². The summed E-state index contributed by atoms with van der Waals surface area (Å²) in [4.78, 5) is 38.6. The third-order valence-electron chi connectivity index (χ3n) is 20.1. The van der Waals surface area contributed by atoms with Gasteiger partial charge in [0.1, 0.15) is 213 Å². The van der Waals surface area contributed by atoms with E-state index in [0.29, 0.717) is 0 Å². The van der Waals surface area contributed by atoms with E-state index < -0.39 is 357 Å². The topological polar surface area (TPSA) is 793 Å². The molecule has 0 saturated carbocycles. The molecule has 0 radical (unpaired) electrons. The van der Waals surface area contributed by atoms with E-state index in [2.05, 4.69) is 20.1 Å². The number of aliphatic hydroxyl groups excluding tert-OH is 24. The maximum atomic E-state index is 13.5. The summed E-state index contributed by atoms with van der Waals surface area (Å²) in [5.41, 5.74) is 0. The van der Waals surface area contributed by atoms with Crippen LogP contribution in [0.15, 0.2) is 0 Å². The second kappa shape index (κ2) is 39.7. The van der Waals surface area contributed by atoms with Gasteiger partial charge in [-0.25, -0.2) is 4.18 Å². The summed E-state index contributed by atoms with van der Waals surface area (Å²) in [6.07, 6.45) is -90.1. The van der Waals surface area contributed by atoms with Crippen LogP contribution in [0.1, 0.15) is 27.7 Å². The molecule has 112 heavy (non-hydrogen) atoms. The predicted octanol–water partition coefficient (Wildman–Crippen LogP) is -19.3. The second-order valence-electron chi connectivity index (χ2n) is 27.9. The molecule has 0 bridgehead atoms. The normalized spacial score (nSPS) is 49.1. The largest absolute Gasteiger partial charge is 0.397 e. The molecule has 0 spiro atoms. The van der Waals surface area contributed by atoms with E-state index in [-0.39, 0.29) is 0 Å². The molecule has 28 N–H and O–H groups in total. The van der Waals surface area contributed by atoms with E-state index in [4.69, 9.17) is 80.5 Å².